The van der Waals surface area contributed by atoms with E-state index in [-0.39, 0.29) is 28.2 Å². The summed E-state index contributed by atoms with van der Waals surface area (Å²) < 4.78 is 1.55. The lowest BCUT2D eigenvalue weighted by molar-refractivity contribution is -0.384. The third-order valence-corrected chi connectivity index (χ3v) is 5.62. The number of anilines is 1. The normalized spacial score (nSPS) is 10.7. The van der Waals surface area contributed by atoms with Gasteiger partial charge in [0.05, 0.1) is 16.2 Å². The van der Waals surface area contributed by atoms with Crippen molar-refractivity contribution in [2.75, 3.05) is 5.32 Å². The largest absolute Gasteiger partial charge is 0.306 e. The number of amides is 1. The molecule has 3 aromatic carbocycles. The molecule has 1 aromatic heterocycles. The Morgan fingerprint density at radius 3 is 2.24 bits per heavy atom. The highest BCUT2D eigenvalue weighted by atomic mass is 16.6. The quantitative estimate of drug-likeness (QED) is 0.338. The second-order valence-corrected chi connectivity index (χ2v) is 7.94. The van der Waals surface area contributed by atoms with Crippen molar-refractivity contribution in [1.29, 1.82) is 0 Å². The molecular weight excluding hydrogens is 432 g/mol. The number of hydrogen-bond acceptors (Lipinski definition) is 5. The average Bonchev–Trinajstić information content (AvgIpc) is 2.83. The van der Waals surface area contributed by atoms with E-state index < -0.39 is 10.8 Å². The van der Waals surface area contributed by atoms with Crippen LogP contribution in [0.25, 0.3) is 16.8 Å². The van der Waals surface area contributed by atoms with Crippen LogP contribution in [-0.4, -0.2) is 20.6 Å². The molecule has 8 nitrogen and oxygen atoms in total. The van der Waals surface area contributed by atoms with Gasteiger partial charge in [0.2, 0.25) is 5.43 Å². The van der Waals surface area contributed by atoms with Crippen LogP contribution in [0.2, 0.25) is 0 Å². The fourth-order valence-corrected chi connectivity index (χ4v) is 3.59. The highest BCUT2D eigenvalue weighted by Crippen LogP contribution is 2.28. The van der Waals surface area contributed by atoms with E-state index in [1.807, 2.05) is 50.2 Å². The standard InChI is InChI=1S/C26H22N4O4/c1-16-9-12-22(15-17(16)2)29-25(27-26(32)20-10-13-21(14-11-20)30(33)34)23(24(31)18(3)28-29)19-7-5-4-6-8-19/h4-15H,1-3H3,(H,27,32). The third-order valence-electron chi connectivity index (χ3n) is 5.62. The van der Waals surface area contributed by atoms with E-state index in [1.165, 1.54) is 24.3 Å². The minimum atomic E-state index is -0.531. The van der Waals surface area contributed by atoms with Crippen LogP contribution in [-0.2, 0) is 0 Å². The van der Waals surface area contributed by atoms with E-state index in [4.69, 9.17) is 0 Å². The first-order valence-electron chi connectivity index (χ1n) is 10.6. The van der Waals surface area contributed by atoms with Gasteiger partial charge >= 0.3 is 0 Å². The van der Waals surface area contributed by atoms with Crippen LogP contribution in [0.5, 0.6) is 0 Å². The van der Waals surface area contributed by atoms with Gasteiger partial charge in [-0.25, -0.2) is 4.68 Å². The van der Waals surface area contributed by atoms with E-state index in [0.29, 0.717) is 16.8 Å². The summed E-state index contributed by atoms with van der Waals surface area (Å²) in [6, 6.07) is 20.1. The number of carbonyl (C=O) groups is 1. The van der Waals surface area contributed by atoms with Crippen LogP contribution in [0.3, 0.4) is 0 Å². The Labute approximate surface area is 195 Å². The Hall–Kier alpha value is -4.59. The maximum absolute atomic E-state index is 13.2. The topological polar surface area (TPSA) is 107 Å². The summed E-state index contributed by atoms with van der Waals surface area (Å²) in [5.74, 6) is -0.303. The number of rotatable bonds is 5. The zero-order chi connectivity index (χ0) is 24.4. The van der Waals surface area contributed by atoms with Crippen molar-refractivity contribution in [2.24, 2.45) is 0 Å². The molecule has 0 unspecified atom stereocenters. The molecule has 0 bridgehead atoms. The molecule has 0 spiro atoms. The first kappa shape index (κ1) is 22.6. The predicted octanol–water partition coefficient (Wildman–Crippen LogP) is 4.99. The lowest BCUT2D eigenvalue weighted by atomic mass is 10.0. The van der Waals surface area contributed by atoms with E-state index in [1.54, 1.807) is 23.7 Å². The van der Waals surface area contributed by atoms with Gasteiger partial charge in [-0.2, -0.15) is 5.10 Å². The minimum Gasteiger partial charge on any atom is -0.306 e. The molecular formula is C26H22N4O4. The van der Waals surface area contributed by atoms with E-state index in [0.717, 1.165) is 11.1 Å². The number of nitro benzene ring substituents is 1. The van der Waals surface area contributed by atoms with Gasteiger partial charge in [0, 0.05) is 17.7 Å². The SMILES string of the molecule is Cc1ccc(-n2nc(C)c(=O)c(-c3ccccc3)c2NC(=O)c2ccc([N+](=O)[O-])cc2)cc1C. The van der Waals surface area contributed by atoms with Crippen LogP contribution in [0.4, 0.5) is 11.5 Å². The molecule has 0 radical (unpaired) electrons. The summed E-state index contributed by atoms with van der Waals surface area (Å²) >= 11 is 0. The Morgan fingerprint density at radius 2 is 1.62 bits per heavy atom. The summed E-state index contributed by atoms with van der Waals surface area (Å²) in [5.41, 5.74) is 3.83. The summed E-state index contributed by atoms with van der Waals surface area (Å²) in [7, 11) is 0. The van der Waals surface area contributed by atoms with Crippen LogP contribution in [0, 0.1) is 30.9 Å². The van der Waals surface area contributed by atoms with Crippen molar-refractivity contribution in [3.63, 3.8) is 0 Å². The first-order chi connectivity index (χ1) is 16.3. The molecule has 0 atom stereocenters. The van der Waals surface area contributed by atoms with Gasteiger partial charge in [-0.3, -0.25) is 19.7 Å². The van der Waals surface area contributed by atoms with Crippen molar-refractivity contribution in [3.05, 3.63) is 116 Å². The molecule has 0 aliphatic rings. The average molecular weight is 454 g/mol. The molecule has 1 N–H and O–H groups in total. The van der Waals surface area contributed by atoms with Gasteiger partial charge in [0.15, 0.2) is 0 Å². The van der Waals surface area contributed by atoms with Crippen LogP contribution >= 0.6 is 0 Å². The molecule has 0 fully saturated rings. The van der Waals surface area contributed by atoms with E-state index >= 15 is 0 Å². The number of aryl methyl sites for hydroxylation is 3. The van der Waals surface area contributed by atoms with Crippen LogP contribution in [0.1, 0.15) is 27.2 Å². The number of hydrogen-bond donors (Lipinski definition) is 1. The zero-order valence-corrected chi connectivity index (χ0v) is 18.9. The smallest absolute Gasteiger partial charge is 0.269 e. The second-order valence-electron chi connectivity index (χ2n) is 7.94. The number of non-ortho nitro benzene ring substituents is 1. The van der Waals surface area contributed by atoms with Crippen molar-refractivity contribution < 1.29 is 9.72 Å². The molecule has 4 aromatic rings. The Kier molecular flexibility index (Phi) is 6.05. The first-order valence-corrected chi connectivity index (χ1v) is 10.6. The Morgan fingerprint density at radius 1 is 0.941 bits per heavy atom. The fraction of sp³-hybridized carbons (Fsp3) is 0.115. The molecule has 0 aliphatic heterocycles. The summed E-state index contributed by atoms with van der Waals surface area (Å²) in [4.78, 5) is 36.8. The van der Waals surface area contributed by atoms with Crippen molar-refractivity contribution in [2.45, 2.75) is 20.8 Å². The highest BCUT2D eigenvalue weighted by molar-refractivity contribution is 6.06. The lowest BCUT2D eigenvalue weighted by Crippen LogP contribution is -2.25. The van der Waals surface area contributed by atoms with Crippen molar-refractivity contribution >= 4 is 17.4 Å². The minimum absolute atomic E-state index is 0.120. The van der Waals surface area contributed by atoms with Crippen LogP contribution < -0.4 is 10.7 Å². The lowest BCUT2D eigenvalue weighted by Gasteiger charge is -2.19. The number of carbonyl (C=O) groups excluding carboxylic acids is 1. The molecule has 1 amide bonds. The Balaban J connectivity index is 1.91. The Bertz CT molecular complexity index is 1460. The number of nitro groups is 1. The molecule has 4 rings (SSSR count). The summed E-state index contributed by atoms with van der Waals surface area (Å²) in [5, 5.41) is 18.3. The van der Waals surface area contributed by atoms with Crippen molar-refractivity contribution in [1.82, 2.24) is 9.78 Å². The van der Waals surface area contributed by atoms with Gasteiger partial charge in [0.1, 0.15) is 11.5 Å². The zero-order valence-electron chi connectivity index (χ0n) is 18.9. The maximum Gasteiger partial charge on any atom is 0.269 e. The van der Waals surface area contributed by atoms with E-state index in [2.05, 4.69) is 10.4 Å². The molecule has 34 heavy (non-hydrogen) atoms. The van der Waals surface area contributed by atoms with Crippen molar-refractivity contribution in [3.8, 4) is 16.8 Å². The predicted molar refractivity (Wildman–Crippen MR) is 131 cm³/mol. The molecule has 0 aliphatic carbocycles. The fourth-order valence-electron chi connectivity index (χ4n) is 3.59. The number of nitrogens with one attached hydrogen (secondary N) is 1. The maximum atomic E-state index is 13.2. The summed E-state index contributed by atoms with van der Waals surface area (Å²) in [6.07, 6.45) is 0. The molecule has 0 saturated carbocycles. The monoisotopic (exact) mass is 454 g/mol. The van der Waals surface area contributed by atoms with Crippen LogP contribution in [0.15, 0.2) is 77.6 Å². The van der Waals surface area contributed by atoms with Gasteiger partial charge < -0.3 is 5.32 Å². The number of aromatic nitrogens is 2. The molecule has 170 valence electrons. The second kappa shape index (κ2) is 9.11. The van der Waals surface area contributed by atoms with Gasteiger partial charge in [-0.05, 0) is 61.7 Å². The van der Waals surface area contributed by atoms with Gasteiger partial charge in [-0.1, -0.05) is 36.4 Å². The molecule has 1 heterocycles. The summed E-state index contributed by atoms with van der Waals surface area (Å²) in [6.45, 7) is 5.60. The third kappa shape index (κ3) is 4.33. The van der Waals surface area contributed by atoms with E-state index in [9.17, 15) is 19.7 Å². The molecule has 8 heteroatoms. The highest BCUT2D eigenvalue weighted by Gasteiger charge is 2.21. The number of benzene rings is 3. The number of nitrogens with zero attached hydrogens (tertiary/aromatic N) is 3. The van der Waals surface area contributed by atoms with Gasteiger partial charge in [0.25, 0.3) is 11.6 Å². The van der Waals surface area contributed by atoms with Gasteiger partial charge in [-0.15, -0.1) is 0 Å². The molecule has 0 saturated heterocycles.